The smallest absolute Gasteiger partial charge is 0.104 e. The molecule has 0 amide bonds. The van der Waals surface area contributed by atoms with E-state index in [2.05, 4.69) is 30.3 Å². The molecule has 1 unspecified atom stereocenters. The van der Waals surface area contributed by atoms with E-state index < -0.39 is 0 Å². The van der Waals surface area contributed by atoms with Crippen molar-refractivity contribution in [2.75, 3.05) is 20.3 Å². The van der Waals surface area contributed by atoms with E-state index >= 15 is 0 Å². The summed E-state index contributed by atoms with van der Waals surface area (Å²) in [4.78, 5) is 0. The molecule has 6 rings (SSSR count). The van der Waals surface area contributed by atoms with Gasteiger partial charge in [0.2, 0.25) is 0 Å². The van der Waals surface area contributed by atoms with Crippen LogP contribution in [0, 0.1) is 17.8 Å². The molecule has 4 bridgehead atoms. The van der Waals surface area contributed by atoms with Gasteiger partial charge in [-0.1, -0.05) is 44.2 Å². The monoisotopic (exact) mass is 330 g/mol. The van der Waals surface area contributed by atoms with Crippen molar-refractivity contribution < 1.29 is 9.47 Å². The molecule has 0 aromatic heterocycles. The molecule has 134 valence electrons. The normalized spacial score (nSPS) is 37.8. The van der Waals surface area contributed by atoms with Crippen LogP contribution in [-0.2, 0) is 14.9 Å². The highest BCUT2D eigenvalue weighted by Gasteiger charge is 2.51. The summed E-state index contributed by atoms with van der Waals surface area (Å²) in [6, 6.07) is 11.4. The average molecular weight is 331 g/mol. The topological polar surface area (TPSA) is 21.8 Å². The molecule has 4 saturated carbocycles. The second-order valence-electron chi connectivity index (χ2n) is 7.97. The van der Waals surface area contributed by atoms with Crippen LogP contribution in [0.5, 0.6) is 0 Å². The Morgan fingerprint density at radius 2 is 1.46 bits per heavy atom. The Morgan fingerprint density at radius 3 is 1.83 bits per heavy atom. The highest BCUT2D eigenvalue weighted by Crippen LogP contribution is 2.60. The molecule has 1 atom stereocenters. The first-order valence-corrected chi connectivity index (χ1v) is 9.93. The van der Waals surface area contributed by atoms with Crippen molar-refractivity contribution in [2.24, 2.45) is 17.8 Å². The van der Waals surface area contributed by atoms with Crippen LogP contribution >= 0.6 is 0 Å². The minimum absolute atomic E-state index is 0.426. The minimum atomic E-state index is 0.426. The molecule has 1 aromatic rings. The first-order valence-electron chi connectivity index (χ1n) is 9.93. The highest BCUT2D eigenvalue weighted by molar-refractivity contribution is 5.29. The van der Waals surface area contributed by atoms with E-state index in [0.29, 0.717) is 11.5 Å². The predicted molar refractivity (Wildman–Crippen MR) is 99.3 cm³/mol. The van der Waals surface area contributed by atoms with Gasteiger partial charge in [0, 0.05) is 7.11 Å². The lowest BCUT2D eigenvalue weighted by Crippen LogP contribution is -2.48. The maximum absolute atomic E-state index is 4.82. The fraction of sp³-hybridized carbons (Fsp3) is 0.727. The third kappa shape index (κ3) is 4.03. The lowest BCUT2D eigenvalue weighted by atomic mass is 9.48. The van der Waals surface area contributed by atoms with E-state index in [1.54, 1.807) is 31.9 Å². The lowest BCUT2D eigenvalue weighted by molar-refractivity contribution is -0.00518. The highest BCUT2D eigenvalue weighted by atomic mass is 16.6. The van der Waals surface area contributed by atoms with Crippen molar-refractivity contribution in [3.05, 3.63) is 35.9 Å². The van der Waals surface area contributed by atoms with E-state index in [1.165, 1.54) is 19.3 Å². The number of methoxy groups -OCH3 is 1. The van der Waals surface area contributed by atoms with E-state index in [4.69, 9.17) is 9.47 Å². The number of rotatable bonds is 3. The molecule has 2 nitrogen and oxygen atoms in total. The molecule has 1 aliphatic heterocycles. The van der Waals surface area contributed by atoms with Crippen molar-refractivity contribution in [1.29, 1.82) is 0 Å². The Morgan fingerprint density at radius 1 is 0.958 bits per heavy atom. The second-order valence-corrected chi connectivity index (χ2v) is 7.97. The molecule has 0 radical (unpaired) electrons. The van der Waals surface area contributed by atoms with Crippen molar-refractivity contribution in [1.82, 2.24) is 0 Å². The Bertz CT molecular complexity index is 457. The zero-order valence-electron chi connectivity index (χ0n) is 15.7. The summed E-state index contributed by atoms with van der Waals surface area (Å²) >= 11 is 0. The summed E-state index contributed by atoms with van der Waals surface area (Å²) in [6.45, 7) is 5.66. The largest absolute Gasteiger partial charge is 0.382 e. The van der Waals surface area contributed by atoms with E-state index in [0.717, 1.165) is 31.0 Å². The quantitative estimate of drug-likeness (QED) is 0.709. The summed E-state index contributed by atoms with van der Waals surface area (Å²) in [5.41, 5.74) is 2.24. The Labute approximate surface area is 147 Å². The van der Waals surface area contributed by atoms with Gasteiger partial charge >= 0.3 is 0 Å². The van der Waals surface area contributed by atoms with Gasteiger partial charge in [0.05, 0.1) is 13.2 Å². The van der Waals surface area contributed by atoms with Crippen LogP contribution in [0.25, 0.3) is 0 Å². The molecule has 5 fully saturated rings. The van der Waals surface area contributed by atoms with Gasteiger partial charge in [-0.15, -0.1) is 0 Å². The summed E-state index contributed by atoms with van der Waals surface area (Å²) < 4.78 is 9.56. The van der Waals surface area contributed by atoms with Gasteiger partial charge in [-0.25, -0.2) is 0 Å². The van der Waals surface area contributed by atoms with Crippen molar-refractivity contribution in [2.45, 2.75) is 63.9 Å². The van der Waals surface area contributed by atoms with Crippen molar-refractivity contribution >= 4 is 0 Å². The number of benzene rings is 1. The summed E-state index contributed by atoms with van der Waals surface area (Å²) in [6.07, 6.45) is 9.54. The predicted octanol–water partition coefficient (Wildman–Crippen LogP) is 5.21. The Balaban J connectivity index is 0.000000179. The number of ether oxygens (including phenoxy) is 2. The fourth-order valence-electron chi connectivity index (χ4n) is 5.61. The van der Waals surface area contributed by atoms with Gasteiger partial charge in [0.1, 0.15) is 6.10 Å². The van der Waals surface area contributed by atoms with Gasteiger partial charge in [-0.2, -0.15) is 0 Å². The van der Waals surface area contributed by atoms with Gasteiger partial charge in [0.25, 0.3) is 0 Å². The molecule has 0 spiro atoms. The maximum atomic E-state index is 4.82. The molecular formula is C22H34O2. The molecule has 5 aliphatic rings. The molecule has 4 aliphatic carbocycles. The first-order chi connectivity index (χ1) is 11.8. The Hall–Kier alpha value is -0.860. The van der Waals surface area contributed by atoms with Gasteiger partial charge in [0.15, 0.2) is 0 Å². The van der Waals surface area contributed by atoms with Crippen LogP contribution in [0.4, 0.5) is 0 Å². The van der Waals surface area contributed by atoms with Crippen molar-refractivity contribution in [3.63, 3.8) is 0 Å². The van der Waals surface area contributed by atoms with Crippen LogP contribution in [0.1, 0.15) is 57.9 Å². The first kappa shape index (κ1) is 17.9. The van der Waals surface area contributed by atoms with Crippen LogP contribution in [-0.4, -0.2) is 26.4 Å². The average Bonchev–Trinajstić information content (AvgIpc) is 3.42. The SMILES string of the molecule is CC.COCC1CO1.c1ccc(C23CC4CC(CC(C4)C2)C3)cc1. The molecular weight excluding hydrogens is 296 g/mol. The third-order valence-corrected chi connectivity index (χ3v) is 6.18. The summed E-state index contributed by atoms with van der Waals surface area (Å²) in [5, 5.41) is 0. The van der Waals surface area contributed by atoms with E-state index in [9.17, 15) is 0 Å². The minimum Gasteiger partial charge on any atom is -0.382 e. The zero-order valence-corrected chi connectivity index (χ0v) is 15.7. The third-order valence-electron chi connectivity index (χ3n) is 6.18. The lowest BCUT2D eigenvalue weighted by Gasteiger charge is -2.57. The molecule has 2 heteroatoms. The zero-order chi connectivity index (χ0) is 17.0. The van der Waals surface area contributed by atoms with Gasteiger partial charge < -0.3 is 9.47 Å². The molecule has 0 N–H and O–H groups in total. The van der Waals surface area contributed by atoms with Crippen LogP contribution in [0.15, 0.2) is 30.3 Å². The van der Waals surface area contributed by atoms with E-state index in [-0.39, 0.29) is 0 Å². The number of hydrogen-bond donors (Lipinski definition) is 0. The van der Waals surface area contributed by atoms with E-state index in [1.807, 2.05) is 13.8 Å². The van der Waals surface area contributed by atoms with Gasteiger partial charge in [-0.05, 0) is 67.3 Å². The van der Waals surface area contributed by atoms with Gasteiger partial charge in [-0.3, -0.25) is 0 Å². The van der Waals surface area contributed by atoms with Crippen LogP contribution in [0.3, 0.4) is 0 Å². The molecule has 24 heavy (non-hydrogen) atoms. The molecule has 1 aromatic carbocycles. The second kappa shape index (κ2) is 8.01. The number of epoxide rings is 1. The number of hydrogen-bond acceptors (Lipinski definition) is 2. The maximum Gasteiger partial charge on any atom is 0.104 e. The molecule has 1 heterocycles. The fourth-order valence-corrected chi connectivity index (χ4v) is 5.61. The standard InChI is InChI=1S/C16H20.C4H8O2.C2H6/c1-2-4-15(5-3-1)16-9-12-6-13(10-16)8-14(7-12)11-16;1-5-2-4-3-6-4;1-2/h1-5,12-14H,6-11H2;4H,2-3H2,1H3;1-2H3. The van der Waals surface area contributed by atoms with Crippen LogP contribution in [0.2, 0.25) is 0 Å². The van der Waals surface area contributed by atoms with Crippen LogP contribution < -0.4 is 0 Å². The summed E-state index contributed by atoms with van der Waals surface area (Å²) in [5.74, 6) is 3.18. The molecule has 1 saturated heterocycles. The summed E-state index contributed by atoms with van der Waals surface area (Å²) in [7, 11) is 1.68. The van der Waals surface area contributed by atoms with Crippen molar-refractivity contribution in [3.8, 4) is 0 Å². The Kier molecular flexibility index (Phi) is 5.99.